The van der Waals surface area contributed by atoms with Crippen LogP contribution in [-0.2, 0) is 9.47 Å². The fourth-order valence-electron chi connectivity index (χ4n) is 2.65. The van der Waals surface area contributed by atoms with Crippen molar-refractivity contribution in [1.29, 1.82) is 0 Å². The number of aliphatic hydroxyl groups is 1. The number of β-amino-alcohol motifs (C(OH)–C–C–N with tert-alkyl or cyclic N) is 1. The summed E-state index contributed by atoms with van der Waals surface area (Å²) in [6.07, 6.45) is 3.24. The second-order valence-electron chi connectivity index (χ2n) is 6.70. The van der Waals surface area contributed by atoms with E-state index >= 15 is 0 Å². The van der Waals surface area contributed by atoms with E-state index in [-0.39, 0.29) is 11.2 Å². The molecule has 18 heavy (non-hydrogen) atoms. The van der Waals surface area contributed by atoms with Crippen molar-refractivity contribution in [3.05, 3.63) is 0 Å². The Balaban J connectivity index is 1.71. The van der Waals surface area contributed by atoms with Crippen molar-refractivity contribution in [3.8, 4) is 0 Å². The third-order valence-corrected chi connectivity index (χ3v) is 3.77. The van der Waals surface area contributed by atoms with Crippen LogP contribution >= 0.6 is 0 Å². The fourth-order valence-corrected chi connectivity index (χ4v) is 2.65. The van der Waals surface area contributed by atoms with Crippen LogP contribution in [0.3, 0.4) is 0 Å². The lowest BCUT2D eigenvalue weighted by atomic mass is 9.79. The first kappa shape index (κ1) is 14.3. The highest BCUT2D eigenvalue weighted by atomic mass is 16.5. The minimum absolute atomic E-state index is 0.114. The van der Waals surface area contributed by atoms with Crippen LogP contribution in [0.5, 0.6) is 0 Å². The minimum atomic E-state index is -0.403. The van der Waals surface area contributed by atoms with E-state index in [1.54, 1.807) is 0 Å². The molecule has 1 saturated heterocycles. The van der Waals surface area contributed by atoms with Gasteiger partial charge in [-0.25, -0.2) is 0 Å². The maximum atomic E-state index is 10.0. The maximum Gasteiger partial charge on any atom is 0.0900 e. The lowest BCUT2D eigenvalue weighted by molar-refractivity contribution is -0.157. The summed E-state index contributed by atoms with van der Waals surface area (Å²) in [4.78, 5) is 2.32. The quantitative estimate of drug-likeness (QED) is 0.827. The Hall–Kier alpha value is -0.160. The van der Waals surface area contributed by atoms with Gasteiger partial charge in [-0.2, -0.15) is 0 Å². The Morgan fingerprint density at radius 1 is 1.39 bits per heavy atom. The van der Waals surface area contributed by atoms with Crippen molar-refractivity contribution in [2.75, 3.05) is 32.8 Å². The monoisotopic (exact) mass is 257 g/mol. The Kier molecular flexibility index (Phi) is 4.32. The highest BCUT2D eigenvalue weighted by Gasteiger charge is 2.42. The third-order valence-electron chi connectivity index (χ3n) is 3.77. The summed E-state index contributed by atoms with van der Waals surface area (Å²) in [6, 6.07) is 0. The largest absolute Gasteiger partial charge is 0.389 e. The van der Waals surface area contributed by atoms with Crippen molar-refractivity contribution < 1.29 is 14.6 Å². The second kappa shape index (κ2) is 5.45. The van der Waals surface area contributed by atoms with E-state index in [1.165, 1.54) is 19.3 Å². The summed E-state index contributed by atoms with van der Waals surface area (Å²) in [7, 11) is 0. The molecule has 0 bridgehead atoms. The van der Waals surface area contributed by atoms with Gasteiger partial charge >= 0.3 is 0 Å². The standard InChI is InChI=1S/C14H27NO3/c1-13(2,3)18-10-12(16)9-15-7-8-17-14(11-15)5-4-6-14/h12,16H,4-11H2,1-3H3. The number of ether oxygens (including phenoxy) is 2. The average Bonchev–Trinajstić information content (AvgIpc) is 2.24. The van der Waals surface area contributed by atoms with Crippen molar-refractivity contribution >= 4 is 0 Å². The third kappa shape index (κ3) is 3.92. The number of nitrogens with zero attached hydrogens (tertiary/aromatic N) is 1. The van der Waals surface area contributed by atoms with Crippen LogP contribution in [0.4, 0.5) is 0 Å². The molecule has 1 aliphatic carbocycles. The van der Waals surface area contributed by atoms with Crippen molar-refractivity contribution in [2.45, 2.75) is 57.3 Å². The van der Waals surface area contributed by atoms with Crippen LogP contribution in [0.25, 0.3) is 0 Å². The maximum absolute atomic E-state index is 10.0. The molecule has 1 atom stereocenters. The first-order valence-corrected chi connectivity index (χ1v) is 7.07. The summed E-state index contributed by atoms with van der Waals surface area (Å²) in [6.45, 7) is 9.84. The molecule has 4 heteroatoms. The van der Waals surface area contributed by atoms with Crippen LogP contribution < -0.4 is 0 Å². The second-order valence-corrected chi connectivity index (χ2v) is 6.70. The Morgan fingerprint density at radius 2 is 2.11 bits per heavy atom. The smallest absolute Gasteiger partial charge is 0.0900 e. The minimum Gasteiger partial charge on any atom is -0.389 e. The lowest BCUT2D eigenvalue weighted by Gasteiger charge is -2.48. The zero-order valence-corrected chi connectivity index (χ0v) is 11.9. The molecule has 0 aromatic heterocycles. The molecule has 1 N–H and O–H groups in total. The molecule has 2 fully saturated rings. The number of morpholine rings is 1. The molecule has 1 heterocycles. The van der Waals surface area contributed by atoms with Gasteiger partial charge in [-0.15, -0.1) is 0 Å². The van der Waals surface area contributed by atoms with Gasteiger partial charge in [-0.05, 0) is 40.0 Å². The van der Waals surface area contributed by atoms with E-state index in [0.29, 0.717) is 13.2 Å². The van der Waals surface area contributed by atoms with Crippen LogP contribution in [0.1, 0.15) is 40.0 Å². The molecule has 1 unspecified atom stereocenters. The van der Waals surface area contributed by atoms with Gasteiger partial charge in [0.25, 0.3) is 0 Å². The van der Waals surface area contributed by atoms with E-state index in [0.717, 1.165) is 19.7 Å². The Bertz CT molecular complexity index is 271. The van der Waals surface area contributed by atoms with Gasteiger partial charge in [0.2, 0.25) is 0 Å². The molecular weight excluding hydrogens is 230 g/mol. The van der Waals surface area contributed by atoms with Crippen LogP contribution in [0.15, 0.2) is 0 Å². The van der Waals surface area contributed by atoms with Gasteiger partial charge in [0.1, 0.15) is 0 Å². The molecule has 0 aromatic carbocycles. The number of hydrogen-bond donors (Lipinski definition) is 1. The van der Waals surface area contributed by atoms with E-state index in [2.05, 4.69) is 4.90 Å². The van der Waals surface area contributed by atoms with E-state index in [9.17, 15) is 5.11 Å². The summed E-state index contributed by atoms with van der Waals surface area (Å²) in [5, 5.41) is 10.0. The fraction of sp³-hybridized carbons (Fsp3) is 1.00. The molecule has 0 radical (unpaired) electrons. The van der Waals surface area contributed by atoms with Crippen molar-refractivity contribution in [1.82, 2.24) is 4.90 Å². The van der Waals surface area contributed by atoms with E-state index in [1.807, 2.05) is 20.8 Å². The molecule has 0 aromatic rings. The van der Waals surface area contributed by atoms with E-state index in [4.69, 9.17) is 9.47 Å². The number of aliphatic hydroxyl groups excluding tert-OH is 1. The predicted molar refractivity (Wildman–Crippen MR) is 70.7 cm³/mol. The molecule has 1 saturated carbocycles. The van der Waals surface area contributed by atoms with Crippen LogP contribution in [0.2, 0.25) is 0 Å². The van der Waals surface area contributed by atoms with Gasteiger partial charge < -0.3 is 14.6 Å². The van der Waals surface area contributed by atoms with Crippen molar-refractivity contribution in [3.63, 3.8) is 0 Å². The summed E-state index contributed by atoms with van der Waals surface area (Å²) < 4.78 is 11.5. The summed E-state index contributed by atoms with van der Waals surface area (Å²) in [5.74, 6) is 0. The zero-order chi connectivity index (χ0) is 13.2. The first-order valence-electron chi connectivity index (χ1n) is 7.07. The molecule has 2 aliphatic rings. The molecule has 4 nitrogen and oxygen atoms in total. The van der Waals surface area contributed by atoms with E-state index < -0.39 is 6.10 Å². The predicted octanol–water partition coefficient (Wildman–Crippen LogP) is 1.42. The normalized spacial score (nSPS) is 26.0. The van der Waals surface area contributed by atoms with Gasteiger partial charge in [-0.1, -0.05) is 0 Å². The topological polar surface area (TPSA) is 41.9 Å². The van der Waals surface area contributed by atoms with Crippen LogP contribution in [0, 0.1) is 0 Å². The molecule has 2 rings (SSSR count). The lowest BCUT2D eigenvalue weighted by Crippen LogP contribution is -2.57. The first-order chi connectivity index (χ1) is 8.39. The number of hydrogen-bond acceptors (Lipinski definition) is 4. The Labute approximate surface area is 110 Å². The van der Waals surface area contributed by atoms with Gasteiger partial charge in [0.05, 0.1) is 30.5 Å². The van der Waals surface area contributed by atoms with Gasteiger partial charge in [-0.3, -0.25) is 4.90 Å². The molecule has 106 valence electrons. The highest BCUT2D eigenvalue weighted by molar-refractivity contribution is 4.95. The molecule has 1 aliphatic heterocycles. The summed E-state index contributed by atoms with van der Waals surface area (Å²) in [5.41, 5.74) is -0.0654. The van der Waals surface area contributed by atoms with Gasteiger partial charge in [0, 0.05) is 19.6 Å². The number of rotatable bonds is 4. The molecule has 1 spiro atoms. The van der Waals surface area contributed by atoms with Crippen LogP contribution in [-0.4, -0.2) is 60.2 Å². The SMILES string of the molecule is CC(C)(C)OCC(O)CN1CCOC2(CCC2)C1. The zero-order valence-electron chi connectivity index (χ0n) is 11.9. The van der Waals surface area contributed by atoms with Crippen molar-refractivity contribution in [2.24, 2.45) is 0 Å². The average molecular weight is 257 g/mol. The Morgan fingerprint density at radius 3 is 2.67 bits per heavy atom. The van der Waals surface area contributed by atoms with Gasteiger partial charge in [0.15, 0.2) is 0 Å². The molecular formula is C14H27NO3. The highest BCUT2D eigenvalue weighted by Crippen LogP contribution is 2.38. The molecule has 0 amide bonds. The summed E-state index contributed by atoms with van der Waals surface area (Å²) >= 11 is 0.